The molecule has 92 valence electrons. The summed E-state index contributed by atoms with van der Waals surface area (Å²) in [5.74, 6) is 0.638. The van der Waals surface area contributed by atoms with Gasteiger partial charge in [-0.25, -0.2) is 0 Å². The van der Waals surface area contributed by atoms with E-state index in [9.17, 15) is 0 Å². The van der Waals surface area contributed by atoms with Crippen LogP contribution in [0.5, 0.6) is 0 Å². The predicted molar refractivity (Wildman–Crippen MR) is 66.6 cm³/mol. The molecule has 0 aromatic rings. The second kappa shape index (κ2) is 8.34. The Morgan fingerprint density at radius 2 is 2.20 bits per heavy atom. The molecule has 15 heavy (non-hydrogen) atoms. The normalized spacial score (nSPS) is 22.8. The van der Waals surface area contributed by atoms with Crippen molar-refractivity contribution >= 4 is 12.4 Å². The first kappa shape index (κ1) is 15.2. The summed E-state index contributed by atoms with van der Waals surface area (Å²) in [6, 6.07) is 0.383. The van der Waals surface area contributed by atoms with Crippen molar-refractivity contribution < 1.29 is 4.74 Å². The van der Waals surface area contributed by atoms with Crippen molar-refractivity contribution in [2.75, 3.05) is 32.8 Å². The first-order chi connectivity index (χ1) is 6.68. The first-order valence-electron chi connectivity index (χ1n) is 5.74. The molecule has 1 saturated heterocycles. The van der Waals surface area contributed by atoms with Crippen molar-refractivity contribution in [1.82, 2.24) is 4.90 Å². The maximum absolute atomic E-state index is 5.90. The number of hydrogen-bond donors (Lipinski definition) is 1. The Kier molecular flexibility index (Phi) is 8.43. The second-order valence-corrected chi connectivity index (χ2v) is 4.67. The zero-order valence-corrected chi connectivity index (χ0v) is 10.8. The average molecular weight is 237 g/mol. The molecule has 2 N–H and O–H groups in total. The Balaban J connectivity index is 0.00000196. The SMILES string of the molecule is CC(C)COCCN1CCC[C@@H](N)C1.Cl. The molecular weight excluding hydrogens is 212 g/mol. The van der Waals surface area contributed by atoms with Gasteiger partial charge < -0.3 is 10.5 Å². The highest BCUT2D eigenvalue weighted by Gasteiger charge is 2.15. The molecule has 1 aliphatic heterocycles. The highest BCUT2D eigenvalue weighted by Crippen LogP contribution is 2.07. The lowest BCUT2D eigenvalue weighted by atomic mass is 10.1. The van der Waals surface area contributed by atoms with Crippen molar-refractivity contribution in [2.24, 2.45) is 11.7 Å². The first-order valence-corrected chi connectivity index (χ1v) is 5.74. The van der Waals surface area contributed by atoms with E-state index in [0.717, 1.165) is 26.3 Å². The van der Waals surface area contributed by atoms with Crippen LogP contribution in [-0.2, 0) is 4.74 Å². The average Bonchev–Trinajstić information content (AvgIpc) is 2.12. The van der Waals surface area contributed by atoms with Gasteiger partial charge in [0.25, 0.3) is 0 Å². The molecule has 0 aliphatic carbocycles. The van der Waals surface area contributed by atoms with Gasteiger partial charge in [0.1, 0.15) is 0 Å². The van der Waals surface area contributed by atoms with Gasteiger partial charge in [-0.2, -0.15) is 0 Å². The molecule has 4 heteroatoms. The minimum atomic E-state index is 0. The summed E-state index contributed by atoms with van der Waals surface area (Å²) >= 11 is 0. The molecule has 0 bridgehead atoms. The quantitative estimate of drug-likeness (QED) is 0.736. The number of nitrogens with zero attached hydrogens (tertiary/aromatic N) is 1. The molecule has 0 aromatic heterocycles. The van der Waals surface area contributed by atoms with Crippen LogP contribution in [0.1, 0.15) is 26.7 Å². The van der Waals surface area contributed by atoms with Gasteiger partial charge >= 0.3 is 0 Å². The van der Waals surface area contributed by atoms with Crippen molar-refractivity contribution in [2.45, 2.75) is 32.7 Å². The molecule has 0 aromatic carbocycles. The van der Waals surface area contributed by atoms with Gasteiger partial charge in [0.15, 0.2) is 0 Å². The van der Waals surface area contributed by atoms with Gasteiger partial charge in [0.05, 0.1) is 6.61 Å². The van der Waals surface area contributed by atoms with Crippen LogP contribution in [0.4, 0.5) is 0 Å². The minimum absolute atomic E-state index is 0. The molecule has 0 radical (unpaired) electrons. The third-order valence-electron chi connectivity index (χ3n) is 2.55. The molecule has 0 unspecified atom stereocenters. The molecule has 1 heterocycles. The summed E-state index contributed by atoms with van der Waals surface area (Å²) < 4.78 is 5.55. The summed E-state index contributed by atoms with van der Waals surface area (Å²) in [7, 11) is 0. The molecule has 0 amide bonds. The number of likely N-dealkylation sites (tertiary alicyclic amines) is 1. The fraction of sp³-hybridized carbons (Fsp3) is 1.00. The Labute approximate surface area is 99.7 Å². The molecule has 3 nitrogen and oxygen atoms in total. The van der Waals surface area contributed by atoms with E-state index in [1.165, 1.54) is 19.4 Å². The Bertz CT molecular complexity index is 156. The molecular formula is C11H25ClN2O. The number of piperidine rings is 1. The smallest absolute Gasteiger partial charge is 0.0593 e. The van der Waals surface area contributed by atoms with E-state index in [4.69, 9.17) is 10.5 Å². The molecule has 1 aliphatic rings. The number of halogens is 1. The van der Waals surface area contributed by atoms with E-state index in [1.807, 2.05) is 0 Å². The van der Waals surface area contributed by atoms with E-state index < -0.39 is 0 Å². The third-order valence-corrected chi connectivity index (χ3v) is 2.55. The van der Waals surface area contributed by atoms with E-state index in [2.05, 4.69) is 18.7 Å². The monoisotopic (exact) mass is 236 g/mol. The third kappa shape index (κ3) is 7.12. The van der Waals surface area contributed by atoms with Gasteiger partial charge in [0.2, 0.25) is 0 Å². The van der Waals surface area contributed by atoms with E-state index in [-0.39, 0.29) is 12.4 Å². The van der Waals surface area contributed by atoms with Gasteiger partial charge in [-0.05, 0) is 25.3 Å². The number of rotatable bonds is 5. The Morgan fingerprint density at radius 1 is 1.47 bits per heavy atom. The predicted octanol–water partition coefficient (Wildman–Crippen LogP) is 1.50. The maximum Gasteiger partial charge on any atom is 0.0593 e. The van der Waals surface area contributed by atoms with Crippen LogP contribution in [0.15, 0.2) is 0 Å². The topological polar surface area (TPSA) is 38.5 Å². The summed E-state index contributed by atoms with van der Waals surface area (Å²) in [4.78, 5) is 2.41. The largest absolute Gasteiger partial charge is 0.380 e. The van der Waals surface area contributed by atoms with Crippen LogP contribution < -0.4 is 5.73 Å². The van der Waals surface area contributed by atoms with Crippen molar-refractivity contribution in [3.8, 4) is 0 Å². The number of ether oxygens (including phenoxy) is 1. The standard InChI is InChI=1S/C11H24N2O.ClH/c1-10(2)9-14-7-6-13-5-3-4-11(12)8-13;/h10-11H,3-9,12H2,1-2H3;1H/t11-;/m1./s1. The van der Waals surface area contributed by atoms with Crippen LogP contribution in [0.25, 0.3) is 0 Å². The van der Waals surface area contributed by atoms with Gasteiger partial charge in [-0.1, -0.05) is 13.8 Å². The molecule has 1 rings (SSSR count). The lowest BCUT2D eigenvalue weighted by Gasteiger charge is -2.30. The second-order valence-electron chi connectivity index (χ2n) is 4.67. The zero-order chi connectivity index (χ0) is 10.4. The van der Waals surface area contributed by atoms with Crippen LogP contribution in [-0.4, -0.2) is 43.8 Å². The highest BCUT2D eigenvalue weighted by molar-refractivity contribution is 5.85. The number of nitrogens with two attached hydrogens (primary N) is 1. The lowest BCUT2D eigenvalue weighted by molar-refractivity contribution is 0.0774. The summed E-state index contributed by atoms with van der Waals surface area (Å²) in [5, 5.41) is 0. The Hall–Kier alpha value is 0.170. The Morgan fingerprint density at radius 3 is 2.80 bits per heavy atom. The minimum Gasteiger partial charge on any atom is -0.380 e. The molecule has 0 saturated carbocycles. The summed E-state index contributed by atoms with van der Waals surface area (Å²) in [6.45, 7) is 9.36. The lowest BCUT2D eigenvalue weighted by Crippen LogP contribution is -2.44. The zero-order valence-electron chi connectivity index (χ0n) is 9.95. The maximum atomic E-state index is 5.90. The molecule has 1 fully saturated rings. The van der Waals surface area contributed by atoms with Gasteiger partial charge in [0, 0.05) is 25.7 Å². The van der Waals surface area contributed by atoms with Crippen molar-refractivity contribution in [3.63, 3.8) is 0 Å². The van der Waals surface area contributed by atoms with Gasteiger partial charge in [-0.3, -0.25) is 4.90 Å². The van der Waals surface area contributed by atoms with Crippen LogP contribution in [0, 0.1) is 5.92 Å². The molecule has 0 spiro atoms. The number of hydrogen-bond acceptors (Lipinski definition) is 3. The fourth-order valence-corrected chi connectivity index (χ4v) is 1.81. The van der Waals surface area contributed by atoms with E-state index in [1.54, 1.807) is 0 Å². The van der Waals surface area contributed by atoms with E-state index >= 15 is 0 Å². The highest BCUT2D eigenvalue weighted by atomic mass is 35.5. The summed E-state index contributed by atoms with van der Waals surface area (Å²) in [5.41, 5.74) is 5.90. The fourth-order valence-electron chi connectivity index (χ4n) is 1.81. The van der Waals surface area contributed by atoms with Crippen LogP contribution in [0.3, 0.4) is 0 Å². The van der Waals surface area contributed by atoms with Gasteiger partial charge in [-0.15, -0.1) is 12.4 Å². The van der Waals surface area contributed by atoms with E-state index in [0.29, 0.717) is 12.0 Å². The molecule has 1 atom stereocenters. The van der Waals surface area contributed by atoms with Crippen molar-refractivity contribution in [3.05, 3.63) is 0 Å². The van der Waals surface area contributed by atoms with Crippen LogP contribution in [0.2, 0.25) is 0 Å². The van der Waals surface area contributed by atoms with Crippen LogP contribution >= 0.6 is 12.4 Å². The van der Waals surface area contributed by atoms with Crippen molar-refractivity contribution in [1.29, 1.82) is 0 Å². The summed E-state index contributed by atoms with van der Waals surface area (Å²) in [6.07, 6.45) is 2.43.